The van der Waals surface area contributed by atoms with Gasteiger partial charge in [-0.2, -0.15) is 0 Å². The molecule has 25 heavy (non-hydrogen) atoms. The Labute approximate surface area is 173 Å². The van der Waals surface area contributed by atoms with E-state index in [-0.39, 0.29) is 29.9 Å². The molecule has 0 atom stereocenters. The van der Waals surface area contributed by atoms with Crippen LogP contribution in [0.5, 0.6) is 0 Å². The number of hydrogen-bond acceptors (Lipinski definition) is 2. The fraction of sp³-hybridized carbons (Fsp3) is 0.556. The van der Waals surface area contributed by atoms with Crippen molar-refractivity contribution in [3.8, 4) is 0 Å². The van der Waals surface area contributed by atoms with Gasteiger partial charge in [-0.05, 0) is 51.8 Å². The van der Waals surface area contributed by atoms with Crippen LogP contribution >= 0.6 is 35.6 Å². The number of nitrogens with zero attached hydrogens (tertiary/aromatic N) is 1. The Morgan fingerprint density at radius 1 is 1.08 bits per heavy atom. The van der Waals surface area contributed by atoms with Gasteiger partial charge in [0.25, 0.3) is 0 Å². The van der Waals surface area contributed by atoms with E-state index in [1.165, 1.54) is 5.56 Å². The van der Waals surface area contributed by atoms with Gasteiger partial charge in [-0.1, -0.05) is 23.7 Å². The van der Waals surface area contributed by atoms with Gasteiger partial charge in [-0.3, -0.25) is 9.79 Å². The highest BCUT2D eigenvalue weighted by Gasteiger charge is 2.26. The molecular formula is C18H30ClIN4O. The first-order chi connectivity index (χ1) is 11.4. The molecule has 0 aliphatic rings. The molecule has 0 radical (unpaired) electrons. The average molecular weight is 481 g/mol. The molecule has 0 saturated heterocycles. The molecule has 0 aromatic heterocycles. The topological polar surface area (TPSA) is 65.5 Å². The fourth-order valence-corrected chi connectivity index (χ4v) is 2.19. The molecule has 0 saturated carbocycles. The minimum atomic E-state index is -0.533. The Kier molecular flexibility index (Phi) is 11.8. The zero-order valence-corrected chi connectivity index (χ0v) is 18.6. The molecule has 0 unspecified atom stereocenters. The van der Waals surface area contributed by atoms with Crippen molar-refractivity contribution in [1.82, 2.24) is 16.0 Å². The predicted octanol–water partition coefficient (Wildman–Crippen LogP) is 3.22. The van der Waals surface area contributed by atoms with Crippen molar-refractivity contribution in [3.05, 3.63) is 34.9 Å². The minimum absolute atomic E-state index is 0. The molecule has 5 nitrogen and oxygen atoms in total. The second-order valence-corrected chi connectivity index (χ2v) is 6.68. The Hall–Kier alpha value is -1.02. The third kappa shape index (κ3) is 9.30. The Balaban J connectivity index is 0.00000576. The minimum Gasteiger partial charge on any atom is -0.357 e. The molecule has 1 aromatic carbocycles. The second kappa shape index (κ2) is 12.4. The number of aliphatic imine (C=N–C) groups is 1. The summed E-state index contributed by atoms with van der Waals surface area (Å²) in [5.41, 5.74) is 0.680. The molecule has 142 valence electrons. The molecular weight excluding hydrogens is 451 g/mol. The fourth-order valence-electron chi connectivity index (χ4n) is 2.07. The molecule has 0 fully saturated rings. The van der Waals surface area contributed by atoms with Crippen LogP contribution in [-0.4, -0.2) is 38.0 Å². The number of nitrogens with one attached hydrogen (secondary N) is 3. The highest BCUT2D eigenvalue weighted by atomic mass is 127. The van der Waals surface area contributed by atoms with Crippen LogP contribution in [0.1, 0.15) is 33.3 Å². The summed E-state index contributed by atoms with van der Waals surface area (Å²) in [6.07, 6.45) is 0.876. The lowest BCUT2D eigenvalue weighted by molar-refractivity contribution is -0.128. The monoisotopic (exact) mass is 480 g/mol. The maximum Gasteiger partial charge on any atom is 0.227 e. The Bertz CT molecular complexity index is 547. The summed E-state index contributed by atoms with van der Waals surface area (Å²) >= 11 is 5.89. The summed E-state index contributed by atoms with van der Waals surface area (Å²) in [4.78, 5) is 16.6. The highest BCUT2D eigenvalue weighted by Crippen LogP contribution is 2.15. The number of carbonyl (C=O) groups excluding carboxylic acids is 1. The van der Waals surface area contributed by atoms with E-state index >= 15 is 0 Å². The van der Waals surface area contributed by atoms with E-state index in [1.807, 2.05) is 52.0 Å². The lowest BCUT2D eigenvalue weighted by Gasteiger charge is -2.22. The van der Waals surface area contributed by atoms with E-state index < -0.39 is 5.41 Å². The summed E-state index contributed by atoms with van der Waals surface area (Å²) in [6.45, 7) is 10.3. The van der Waals surface area contributed by atoms with Gasteiger partial charge in [-0.15, -0.1) is 24.0 Å². The SMILES string of the molecule is CCNC(=O)C(C)(C)CN=C(NCC)NCCc1ccc(Cl)cc1.I. The van der Waals surface area contributed by atoms with Crippen LogP contribution in [0.2, 0.25) is 5.02 Å². The van der Waals surface area contributed by atoms with Crippen molar-refractivity contribution >= 4 is 47.4 Å². The van der Waals surface area contributed by atoms with Crippen molar-refractivity contribution < 1.29 is 4.79 Å². The first kappa shape index (κ1) is 24.0. The van der Waals surface area contributed by atoms with Crippen LogP contribution in [0.25, 0.3) is 0 Å². The van der Waals surface area contributed by atoms with Crippen LogP contribution in [0.15, 0.2) is 29.3 Å². The van der Waals surface area contributed by atoms with Crippen molar-refractivity contribution in [2.75, 3.05) is 26.2 Å². The van der Waals surface area contributed by atoms with Crippen LogP contribution < -0.4 is 16.0 Å². The zero-order chi connectivity index (χ0) is 18.0. The summed E-state index contributed by atoms with van der Waals surface area (Å²) in [5.74, 6) is 0.745. The maximum atomic E-state index is 12.0. The maximum absolute atomic E-state index is 12.0. The molecule has 0 aliphatic heterocycles. The number of rotatable bonds is 8. The van der Waals surface area contributed by atoms with Gasteiger partial charge in [0.05, 0.1) is 12.0 Å². The van der Waals surface area contributed by atoms with Crippen LogP contribution in [-0.2, 0) is 11.2 Å². The smallest absolute Gasteiger partial charge is 0.227 e. The number of halogens is 2. The number of amides is 1. The van der Waals surface area contributed by atoms with Crippen LogP contribution in [0, 0.1) is 5.41 Å². The van der Waals surface area contributed by atoms with Crippen molar-refractivity contribution in [1.29, 1.82) is 0 Å². The predicted molar refractivity (Wildman–Crippen MR) is 117 cm³/mol. The molecule has 1 aromatic rings. The normalized spacial score (nSPS) is 11.5. The lowest BCUT2D eigenvalue weighted by atomic mass is 9.92. The first-order valence-electron chi connectivity index (χ1n) is 8.44. The van der Waals surface area contributed by atoms with Gasteiger partial charge in [-0.25, -0.2) is 0 Å². The summed E-state index contributed by atoms with van der Waals surface area (Å²) in [6, 6.07) is 7.83. The molecule has 0 spiro atoms. The van der Waals surface area contributed by atoms with Crippen molar-refractivity contribution in [2.24, 2.45) is 10.4 Å². The van der Waals surface area contributed by atoms with E-state index in [0.29, 0.717) is 13.1 Å². The Morgan fingerprint density at radius 3 is 2.24 bits per heavy atom. The van der Waals surface area contributed by atoms with E-state index in [1.54, 1.807) is 0 Å². The lowest BCUT2D eigenvalue weighted by Crippen LogP contribution is -2.42. The van der Waals surface area contributed by atoms with Crippen molar-refractivity contribution in [2.45, 2.75) is 34.1 Å². The van der Waals surface area contributed by atoms with E-state index in [0.717, 1.165) is 30.5 Å². The van der Waals surface area contributed by atoms with Gasteiger partial charge in [0.1, 0.15) is 0 Å². The van der Waals surface area contributed by atoms with E-state index in [4.69, 9.17) is 11.6 Å². The molecule has 0 aliphatic carbocycles. The third-order valence-electron chi connectivity index (χ3n) is 3.55. The van der Waals surface area contributed by atoms with Gasteiger partial charge in [0.2, 0.25) is 5.91 Å². The zero-order valence-electron chi connectivity index (χ0n) is 15.5. The number of benzene rings is 1. The molecule has 1 amide bonds. The van der Waals surface area contributed by atoms with Gasteiger partial charge in [0, 0.05) is 24.7 Å². The van der Waals surface area contributed by atoms with E-state index in [2.05, 4.69) is 20.9 Å². The quantitative estimate of drug-likeness (QED) is 0.304. The summed E-state index contributed by atoms with van der Waals surface area (Å²) in [5, 5.41) is 10.1. The molecule has 3 N–H and O–H groups in total. The van der Waals surface area contributed by atoms with Gasteiger partial charge >= 0.3 is 0 Å². The Morgan fingerprint density at radius 2 is 1.68 bits per heavy atom. The number of carbonyl (C=O) groups is 1. The molecule has 7 heteroatoms. The standard InChI is InChI=1S/C18H29ClN4O.HI/c1-5-20-16(24)18(3,4)13-23-17(21-6-2)22-12-11-14-7-9-15(19)10-8-14;/h7-10H,5-6,11-13H2,1-4H3,(H,20,24)(H2,21,22,23);1H. The van der Waals surface area contributed by atoms with Crippen LogP contribution in [0.3, 0.4) is 0 Å². The summed E-state index contributed by atoms with van der Waals surface area (Å²) < 4.78 is 0. The summed E-state index contributed by atoms with van der Waals surface area (Å²) in [7, 11) is 0. The number of guanidine groups is 1. The second-order valence-electron chi connectivity index (χ2n) is 6.24. The largest absolute Gasteiger partial charge is 0.357 e. The highest BCUT2D eigenvalue weighted by molar-refractivity contribution is 14.0. The van der Waals surface area contributed by atoms with Crippen molar-refractivity contribution in [3.63, 3.8) is 0 Å². The average Bonchev–Trinajstić information content (AvgIpc) is 2.54. The van der Waals surface area contributed by atoms with E-state index in [9.17, 15) is 4.79 Å². The van der Waals surface area contributed by atoms with Gasteiger partial charge < -0.3 is 16.0 Å². The van der Waals surface area contributed by atoms with Crippen LogP contribution in [0.4, 0.5) is 0 Å². The number of hydrogen-bond donors (Lipinski definition) is 3. The molecule has 0 bridgehead atoms. The first-order valence-corrected chi connectivity index (χ1v) is 8.81. The molecule has 1 rings (SSSR count). The molecule has 0 heterocycles. The third-order valence-corrected chi connectivity index (χ3v) is 3.80. The van der Waals surface area contributed by atoms with Gasteiger partial charge in [0.15, 0.2) is 5.96 Å².